The summed E-state index contributed by atoms with van der Waals surface area (Å²) in [6, 6.07) is 7.68. The molecular weight excluding hydrogens is 346 g/mol. The fraction of sp³-hybridized carbons (Fsp3) is 0.450. The van der Waals surface area contributed by atoms with Crippen molar-refractivity contribution >= 4 is 28.3 Å². The number of nitrogens with one attached hydrogen (secondary N) is 1. The van der Waals surface area contributed by atoms with E-state index < -0.39 is 0 Å². The Kier molecular flexibility index (Phi) is 6.04. The topological polar surface area (TPSA) is 62.3 Å². The van der Waals surface area contributed by atoms with Gasteiger partial charge in [-0.2, -0.15) is 0 Å². The summed E-state index contributed by atoms with van der Waals surface area (Å²) < 4.78 is 0. The van der Waals surface area contributed by atoms with Gasteiger partial charge in [0.2, 0.25) is 5.91 Å². The van der Waals surface area contributed by atoms with Crippen LogP contribution in [-0.4, -0.2) is 34.3 Å². The lowest BCUT2D eigenvalue weighted by Crippen LogP contribution is -2.45. The van der Waals surface area contributed by atoms with Gasteiger partial charge >= 0.3 is 0 Å². The molecule has 0 atom stereocenters. The highest BCUT2D eigenvalue weighted by molar-refractivity contribution is 7.13. The minimum absolute atomic E-state index is 0.0655. The molecule has 138 valence electrons. The molecule has 26 heavy (non-hydrogen) atoms. The molecule has 1 saturated carbocycles. The van der Waals surface area contributed by atoms with Gasteiger partial charge in [-0.25, -0.2) is 4.98 Å². The van der Waals surface area contributed by atoms with E-state index in [-0.39, 0.29) is 24.4 Å². The van der Waals surface area contributed by atoms with E-state index in [1.54, 1.807) is 4.90 Å². The summed E-state index contributed by atoms with van der Waals surface area (Å²) in [6.45, 7) is 3.95. The zero-order valence-electron chi connectivity index (χ0n) is 15.3. The summed E-state index contributed by atoms with van der Waals surface area (Å²) in [5.74, 6) is -0.257. The number of amides is 2. The predicted molar refractivity (Wildman–Crippen MR) is 105 cm³/mol. The van der Waals surface area contributed by atoms with Gasteiger partial charge in [0.25, 0.3) is 5.91 Å². The van der Waals surface area contributed by atoms with Gasteiger partial charge < -0.3 is 10.2 Å². The van der Waals surface area contributed by atoms with Crippen LogP contribution in [0.5, 0.6) is 0 Å². The molecule has 0 bridgehead atoms. The van der Waals surface area contributed by atoms with E-state index in [0.717, 1.165) is 36.9 Å². The lowest BCUT2D eigenvalue weighted by atomic mass is 9.93. The lowest BCUT2D eigenvalue weighted by molar-refractivity contribution is -0.117. The first-order valence-electron chi connectivity index (χ1n) is 9.12. The maximum absolute atomic E-state index is 13.1. The van der Waals surface area contributed by atoms with Crippen molar-refractivity contribution in [2.45, 2.75) is 52.0 Å². The Hall–Kier alpha value is -2.21. The second kappa shape index (κ2) is 8.45. The van der Waals surface area contributed by atoms with E-state index in [9.17, 15) is 9.59 Å². The van der Waals surface area contributed by atoms with Crippen LogP contribution in [0.1, 0.15) is 53.7 Å². The number of benzene rings is 1. The standard InChI is InChI=1S/C20H25N3O2S/c1-14-8-10-16(11-9-14)19(25)23(17-6-4-3-5-7-17)12-18(24)22-20-21-15(2)13-26-20/h8-11,13,17H,3-7,12H2,1-2H3,(H,21,22,24). The van der Waals surface area contributed by atoms with Gasteiger partial charge in [0.15, 0.2) is 5.13 Å². The minimum atomic E-state index is -0.189. The van der Waals surface area contributed by atoms with Gasteiger partial charge in [-0.3, -0.25) is 9.59 Å². The first-order chi connectivity index (χ1) is 12.5. The van der Waals surface area contributed by atoms with Crippen molar-refractivity contribution in [1.82, 2.24) is 9.88 Å². The number of rotatable bonds is 5. The van der Waals surface area contributed by atoms with Crippen molar-refractivity contribution in [1.29, 1.82) is 0 Å². The number of carbonyl (C=O) groups is 2. The Morgan fingerprint density at radius 1 is 1.15 bits per heavy atom. The highest BCUT2D eigenvalue weighted by Crippen LogP contribution is 2.24. The quantitative estimate of drug-likeness (QED) is 0.858. The van der Waals surface area contributed by atoms with Crippen LogP contribution in [0.4, 0.5) is 5.13 Å². The van der Waals surface area contributed by atoms with E-state index in [0.29, 0.717) is 10.7 Å². The largest absolute Gasteiger partial charge is 0.326 e. The molecule has 0 unspecified atom stereocenters. The number of hydrogen-bond donors (Lipinski definition) is 1. The molecule has 6 heteroatoms. The number of carbonyl (C=O) groups excluding carboxylic acids is 2. The average Bonchev–Trinajstić information content (AvgIpc) is 3.05. The van der Waals surface area contributed by atoms with Crippen molar-refractivity contribution < 1.29 is 9.59 Å². The third-order valence-corrected chi connectivity index (χ3v) is 5.63. The summed E-state index contributed by atoms with van der Waals surface area (Å²) in [6.07, 6.45) is 5.33. The Balaban J connectivity index is 1.75. The van der Waals surface area contributed by atoms with Crippen molar-refractivity contribution in [3.05, 3.63) is 46.5 Å². The first kappa shape index (κ1) is 18.6. The second-order valence-corrected chi connectivity index (χ2v) is 7.79. The average molecular weight is 372 g/mol. The number of nitrogens with zero attached hydrogens (tertiary/aromatic N) is 2. The van der Waals surface area contributed by atoms with E-state index in [1.165, 1.54) is 17.8 Å². The normalized spacial score (nSPS) is 14.8. The van der Waals surface area contributed by atoms with Crippen molar-refractivity contribution in [3.63, 3.8) is 0 Å². The van der Waals surface area contributed by atoms with Gasteiger partial charge in [0.05, 0.1) is 5.69 Å². The Labute approximate surface area is 158 Å². The van der Waals surface area contributed by atoms with E-state index in [1.807, 2.05) is 43.5 Å². The number of anilines is 1. The van der Waals surface area contributed by atoms with Crippen molar-refractivity contribution in [2.24, 2.45) is 0 Å². The molecule has 1 heterocycles. The number of aryl methyl sites for hydroxylation is 2. The molecule has 1 aliphatic carbocycles. The van der Waals surface area contributed by atoms with Gasteiger partial charge in [-0.1, -0.05) is 37.0 Å². The molecule has 1 aliphatic rings. The van der Waals surface area contributed by atoms with Gasteiger partial charge in [-0.05, 0) is 38.8 Å². The van der Waals surface area contributed by atoms with Crippen molar-refractivity contribution in [3.8, 4) is 0 Å². The highest BCUT2D eigenvalue weighted by Gasteiger charge is 2.28. The molecule has 0 radical (unpaired) electrons. The van der Waals surface area contributed by atoms with E-state index >= 15 is 0 Å². The maximum atomic E-state index is 13.1. The zero-order valence-corrected chi connectivity index (χ0v) is 16.1. The molecule has 0 saturated heterocycles. The number of hydrogen-bond acceptors (Lipinski definition) is 4. The number of thiazole rings is 1. The smallest absolute Gasteiger partial charge is 0.254 e. The molecule has 1 N–H and O–H groups in total. The fourth-order valence-electron chi connectivity index (χ4n) is 3.35. The third kappa shape index (κ3) is 4.69. The van der Waals surface area contributed by atoms with Crippen LogP contribution in [0, 0.1) is 13.8 Å². The number of aromatic nitrogens is 1. The van der Waals surface area contributed by atoms with Crippen LogP contribution in [-0.2, 0) is 4.79 Å². The fourth-order valence-corrected chi connectivity index (χ4v) is 4.05. The molecule has 5 nitrogen and oxygen atoms in total. The maximum Gasteiger partial charge on any atom is 0.254 e. The summed E-state index contributed by atoms with van der Waals surface area (Å²) in [5, 5.41) is 5.30. The molecular formula is C20H25N3O2S. The molecule has 2 amide bonds. The van der Waals surface area contributed by atoms with Gasteiger partial charge in [0.1, 0.15) is 6.54 Å². The molecule has 1 aromatic carbocycles. The highest BCUT2D eigenvalue weighted by atomic mass is 32.1. The second-order valence-electron chi connectivity index (χ2n) is 6.93. The Bertz CT molecular complexity index is 764. The Morgan fingerprint density at radius 2 is 1.85 bits per heavy atom. The molecule has 1 fully saturated rings. The summed E-state index contributed by atoms with van der Waals surface area (Å²) in [4.78, 5) is 31.6. The van der Waals surface area contributed by atoms with Gasteiger partial charge in [0, 0.05) is 17.0 Å². The lowest BCUT2D eigenvalue weighted by Gasteiger charge is -2.34. The molecule has 3 rings (SSSR count). The SMILES string of the molecule is Cc1ccc(C(=O)N(CC(=O)Nc2nc(C)cs2)C2CCCCC2)cc1. The summed E-state index contributed by atoms with van der Waals surface area (Å²) in [7, 11) is 0. The van der Waals surface area contributed by atoms with Crippen LogP contribution < -0.4 is 5.32 Å². The van der Waals surface area contributed by atoms with Crippen LogP contribution >= 0.6 is 11.3 Å². The molecule has 0 aliphatic heterocycles. The van der Waals surface area contributed by atoms with Crippen LogP contribution in [0.15, 0.2) is 29.6 Å². The van der Waals surface area contributed by atoms with E-state index in [4.69, 9.17) is 0 Å². The minimum Gasteiger partial charge on any atom is -0.326 e. The van der Waals surface area contributed by atoms with Crippen LogP contribution in [0.25, 0.3) is 0 Å². The first-order valence-corrected chi connectivity index (χ1v) is 10.0. The molecule has 2 aromatic rings. The van der Waals surface area contributed by atoms with Crippen LogP contribution in [0.2, 0.25) is 0 Å². The Morgan fingerprint density at radius 3 is 2.46 bits per heavy atom. The summed E-state index contributed by atoms with van der Waals surface area (Å²) >= 11 is 1.40. The third-order valence-electron chi connectivity index (χ3n) is 4.75. The van der Waals surface area contributed by atoms with E-state index in [2.05, 4.69) is 10.3 Å². The zero-order chi connectivity index (χ0) is 18.5. The summed E-state index contributed by atoms with van der Waals surface area (Å²) in [5.41, 5.74) is 2.63. The van der Waals surface area contributed by atoms with Crippen LogP contribution in [0.3, 0.4) is 0 Å². The predicted octanol–water partition coefficient (Wildman–Crippen LogP) is 4.17. The van der Waals surface area contributed by atoms with Gasteiger partial charge in [-0.15, -0.1) is 11.3 Å². The molecule has 1 aromatic heterocycles. The van der Waals surface area contributed by atoms with Crippen molar-refractivity contribution in [2.75, 3.05) is 11.9 Å². The molecule has 0 spiro atoms. The monoisotopic (exact) mass is 371 g/mol.